The molecule has 8 nitrogen and oxygen atoms in total. The van der Waals surface area contributed by atoms with Gasteiger partial charge in [0.15, 0.2) is 18.1 Å². The Morgan fingerprint density at radius 1 is 1.28 bits per heavy atom. The third-order valence-corrected chi connectivity index (χ3v) is 5.78. The topological polar surface area (TPSA) is 92.0 Å². The number of carbonyl (C=O) groups excluding carboxylic acids is 1. The number of aryl methyl sites for hydroxylation is 1. The Bertz CT molecular complexity index is 1240. The number of carbonyl (C=O) groups is 1. The minimum absolute atomic E-state index is 0.232. The van der Waals surface area contributed by atoms with Crippen LogP contribution in [0.5, 0.6) is 11.5 Å². The Morgan fingerprint density at radius 2 is 2.06 bits per heavy atom. The molecule has 0 fully saturated rings. The van der Waals surface area contributed by atoms with E-state index >= 15 is 0 Å². The molecule has 0 bridgehead atoms. The van der Waals surface area contributed by atoms with Gasteiger partial charge in [0.25, 0.3) is 5.56 Å². The molecule has 1 heterocycles. The van der Waals surface area contributed by atoms with Gasteiger partial charge in [0.2, 0.25) is 0 Å². The van der Waals surface area contributed by atoms with E-state index in [1.165, 1.54) is 18.9 Å². The maximum atomic E-state index is 13.1. The quantitative estimate of drug-likeness (QED) is 0.215. The summed E-state index contributed by atoms with van der Waals surface area (Å²) in [5, 5.41) is 4.92. The van der Waals surface area contributed by atoms with Crippen LogP contribution >= 0.6 is 38.5 Å². The lowest BCUT2D eigenvalue weighted by molar-refractivity contribution is -0.142. The number of hydrogen-bond donors (Lipinski definition) is 0. The highest BCUT2D eigenvalue weighted by atomic mass is 127. The number of esters is 1. The highest BCUT2D eigenvalue weighted by Crippen LogP contribution is 2.33. The molecular weight excluding hydrogens is 593 g/mol. The molecule has 3 aromatic rings. The van der Waals surface area contributed by atoms with E-state index in [9.17, 15) is 9.59 Å². The van der Waals surface area contributed by atoms with E-state index in [0.29, 0.717) is 43.8 Å². The molecule has 0 amide bonds. The van der Waals surface area contributed by atoms with Crippen molar-refractivity contribution < 1.29 is 19.0 Å². The van der Waals surface area contributed by atoms with Crippen LogP contribution in [0.1, 0.15) is 24.7 Å². The summed E-state index contributed by atoms with van der Waals surface area (Å²) in [6, 6.07) is 8.94. The molecule has 0 aliphatic heterocycles. The van der Waals surface area contributed by atoms with Crippen LogP contribution in [0.3, 0.4) is 0 Å². The van der Waals surface area contributed by atoms with Crippen molar-refractivity contribution in [3.63, 3.8) is 0 Å². The third kappa shape index (κ3) is 5.47. The Balaban J connectivity index is 2.02. The molecule has 10 heteroatoms. The van der Waals surface area contributed by atoms with Gasteiger partial charge in [-0.1, -0.05) is 22.9 Å². The lowest BCUT2D eigenvalue weighted by atomic mass is 10.2. The number of fused-ring (bicyclic) bond motifs is 1. The number of hydrogen-bond acceptors (Lipinski definition) is 7. The minimum Gasteiger partial charge on any atom is -0.493 e. The van der Waals surface area contributed by atoms with Crippen LogP contribution < -0.4 is 15.0 Å². The van der Waals surface area contributed by atoms with Crippen molar-refractivity contribution in [3.05, 3.63) is 60.1 Å². The molecule has 0 saturated heterocycles. The van der Waals surface area contributed by atoms with Crippen LogP contribution in [-0.4, -0.2) is 42.7 Å². The maximum Gasteiger partial charge on any atom is 0.343 e. The summed E-state index contributed by atoms with van der Waals surface area (Å²) in [5.74, 6) is 0.954. The van der Waals surface area contributed by atoms with Crippen LogP contribution in [0, 0.1) is 3.57 Å². The van der Waals surface area contributed by atoms with Crippen molar-refractivity contribution in [2.24, 2.45) is 5.10 Å². The average Bonchev–Trinajstić information content (AvgIpc) is 2.78. The summed E-state index contributed by atoms with van der Waals surface area (Å²) in [6.07, 6.45) is 3.00. The molecular formula is C22H21BrIN3O5. The first-order valence-electron chi connectivity index (χ1n) is 9.70. The predicted octanol–water partition coefficient (Wildman–Crippen LogP) is 4.16. The summed E-state index contributed by atoms with van der Waals surface area (Å²) >= 11 is 5.49. The second-order valence-electron chi connectivity index (χ2n) is 6.70. The van der Waals surface area contributed by atoms with Crippen molar-refractivity contribution in [2.75, 3.05) is 20.8 Å². The molecule has 1 aromatic heterocycles. The van der Waals surface area contributed by atoms with Crippen LogP contribution in [0.4, 0.5) is 0 Å². The fourth-order valence-electron chi connectivity index (χ4n) is 2.97. The van der Waals surface area contributed by atoms with Crippen molar-refractivity contribution in [1.29, 1.82) is 0 Å². The van der Waals surface area contributed by atoms with Gasteiger partial charge in [-0.05, 0) is 64.9 Å². The number of nitrogens with zero attached hydrogens (tertiary/aromatic N) is 3. The van der Waals surface area contributed by atoms with Gasteiger partial charge in [0.1, 0.15) is 5.82 Å². The maximum absolute atomic E-state index is 13.1. The summed E-state index contributed by atoms with van der Waals surface area (Å²) in [4.78, 5) is 29.2. The molecule has 0 atom stereocenters. The van der Waals surface area contributed by atoms with Gasteiger partial charge in [-0.3, -0.25) is 4.79 Å². The van der Waals surface area contributed by atoms with Crippen molar-refractivity contribution >= 4 is 61.6 Å². The molecule has 3 rings (SSSR count). The summed E-state index contributed by atoms with van der Waals surface area (Å²) in [7, 11) is 2.80. The van der Waals surface area contributed by atoms with Gasteiger partial charge in [0, 0.05) is 10.9 Å². The molecule has 0 saturated carbocycles. The van der Waals surface area contributed by atoms with E-state index in [0.717, 1.165) is 10.9 Å². The van der Waals surface area contributed by atoms with E-state index < -0.39 is 5.97 Å². The van der Waals surface area contributed by atoms with Crippen LogP contribution in [0.25, 0.3) is 10.9 Å². The molecule has 32 heavy (non-hydrogen) atoms. The lowest BCUT2D eigenvalue weighted by Gasteiger charge is -2.13. The zero-order valence-electron chi connectivity index (χ0n) is 17.7. The van der Waals surface area contributed by atoms with Gasteiger partial charge < -0.3 is 14.2 Å². The minimum atomic E-state index is -0.494. The second kappa shape index (κ2) is 10.9. The lowest BCUT2D eigenvalue weighted by Crippen LogP contribution is -2.22. The van der Waals surface area contributed by atoms with Crippen molar-refractivity contribution in [2.45, 2.75) is 19.8 Å². The first kappa shape index (κ1) is 24.2. The Morgan fingerprint density at radius 3 is 2.75 bits per heavy atom. The molecule has 0 N–H and O–H groups in total. The number of benzene rings is 2. The summed E-state index contributed by atoms with van der Waals surface area (Å²) in [5.41, 5.74) is 1.09. The second-order valence-corrected chi connectivity index (χ2v) is 8.78. The monoisotopic (exact) mass is 613 g/mol. The number of rotatable bonds is 8. The van der Waals surface area contributed by atoms with E-state index in [2.05, 4.69) is 53.3 Å². The molecule has 2 aromatic carbocycles. The van der Waals surface area contributed by atoms with Crippen LogP contribution in [0.2, 0.25) is 0 Å². The normalized spacial score (nSPS) is 11.2. The third-order valence-electron chi connectivity index (χ3n) is 4.49. The molecule has 0 aliphatic carbocycles. The van der Waals surface area contributed by atoms with E-state index in [1.54, 1.807) is 18.3 Å². The summed E-state index contributed by atoms with van der Waals surface area (Å²) < 4.78 is 18.4. The fraction of sp³-hybridized carbons (Fsp3) is 0.273. The average molecular weight is 614 g/mol. The smallest absolute Gasteiger partial charge is 0.343 e. The highest BCUT2D eigenvalue weighted by molar-refractivity contribution is 14.1. The van der Waals surface area contributed by atoms with Crippen LogP contribution in [-0.2, 0) is 16.0 Å². The van der Waals surface area contributed by atoms with E-state index in [-0.39, 0.29) is 12.2 Å². The zero-order chi connectivity index (χ0) is 23.3. The molecule has 0 aliphatic rings. The van der Waals surface area contributed by atoms with Crippen LogP contribution in [0.15, 0.2) is 44.7 Å². The number of aromatic nitrogens is 2. The highest BCUT2D eigenvalue weighted by Gasteiger charge is 2.14. The Kier molecular flexibility index (Phi) is 8.24. The predicted molar refractivity (Wildman–Crippen MR) is 134 cm³/mol. The number of methoxy groups -OCH3 is 2. The standard InChI is InChI=1S/C22H21BrIN3O5/c1-4-5-19-26-17-7-6-14(23)10-15(17)22(29)27(19)25-11-13-8-16(24)21(18(9-13)30-2)32-12-20(28)31-3/h6-11H,4-5,12H2,1-3H3. The van der Waals surface area contributed by atoms with Crippen molar-refractivity contribution in [3.8, 4) is 11.5 Å². The van der Waals surface area contributed by atoms with Gasteiger partial charge in [-0.2, -0.15) is 9.78 Å². The molecule has 0 radical (unpaired) electrons. The molecule has 0 unspecified atom stereocenters. The van der Waals surface area contributed by atoms with Gasteiger partial charge in [-0.15, -0.1) is 0 Å². The van der Waals surface area contributed by atoms with E-state index in [1.807, 2.05) is 25.1 Å². The van der Waals surface area contributed by atoms with Gasteiger partial charge >= 0.3 is 5.97 Å². The fourth-order valence-corrected chi connectivity index (χ4v) is 4.11. The van der Waals surface area contributed by atoms with E-state index in [4.69, 9.17) is 9.47 Å². The van der Waals surface area contributed by atoms with Crippen molar-refractivity contribution in [1.82, 2.24) is 9.66 Å². The molecule has 0 spiro atoms. The first-order valence-corrected chi connectivity index (χ1v) is 11.6. The largest absolute Gasteiger partial charge is 0.493 e. The zero-order valence-corrected chi connectivity index (χ0v) is 21.5. The first-order chi connectivity index (χ1) is 15.4. The molecule has 168 valence electrons. The Labute approximate surface area is 206 Å². The number of ether oxygens (including phenoxy) is 3. The Hall–Kier alpha value is -2.47. The van der Waals surface area contributed by atoms with Gasteiger partial charge in [-0.25, -0.2) is 9.78 Å². The van der Waals surface area contributed by atoms with Gasteiger partial charge in [0.05, 0.1) is 34.9 Å². The SMILES string of the molecule is CCCc1nc2ccc(Br)cc2c(=O)n1N=Cc1cc(I)c(OCC(=O)OC)c(OC)c1. The summed E-state index contributed by atoms with van der Waals surface area (Å²) in [6.45, 7) is 1.79. The number of halogens is 2.